The van der Waals surface area contributed by atoms with E-state index in [-0.39, 0.29) is 0 Å². The van der Waals surface area contributed by atoms with Gasteiger partial charge in [-0.1, -0.05) is 0 Å². The second kappa shape index (κ2) is 5.36. The van der Waals surface area contributed by atoms with E-state index in [2.05, 4.69) is 28.8 Å². The number of likely N-dealkylation sites (tertiary alicyclic amines) is 1. The molecule has 1 aromatic heterocycles. The molecular formula is C13H24N4O. The summed E-state index contributed by atoms with van der Waals surface area (Å²) in [5.41, 5.74) is -0.621. The average Bonchev–Trinajstić information content (AvgIpc) is 2.59. The van der Waals surface area contributed by atoms with E-state index in [1.807, 2.05) is 7.05 Å². The van der Waals surface area contributed by atoms with Crippen molar-refractivity contribution in [2.75, 3.05) is 13.1 Å². The van der Waals surface area contributed by atoms with Crippen LogP contribution < -0.4 is 0 Å². The second-order valence-electron chi connectivity index (χ2n) is 5.68. The molecule has 1 N–H and O–H groups in total. The van der Waals surface area contributed by atoms with Crippen molar-refractivity contribution in [2.24, 2.45) is 7.05 Å². The van der Waals surface area contributed by atoms with Gasteiger partial charge in [0.25, 0.3) is 0 Å². The molecule has 0 aromatic carbocycles. The number of aliphatic hydroxyl groups is 1. The van der Waals surface area contributed by atoms with Crippen LogP contribution >= 0.6 is 0 Å². The number of aryl methyl sites for hydroxylation is 1. The molecule has 18 heavy (non-hydrogen) atoms. The monoisotopic (exact) mass is 252 g/mol. The molecule has 0 amide bonds. The van der Waals surface area contributed by atoms with Crippen LogP contribution in [0.3, 0.4) is 0 Å². The highest BCUT2D eigenvalue weighted by Gasteiger charge is 2.32. The van der Waals surface area contributed by atoms with Crippen molar-refractivity contribution < 1.29 is 5.11 Å². The zero-order valence-corrected chi connectivity index (χ0v) is 11.6. The Morgan fingerprint density at radius 3 is 2.78 bits per heavy atom. The van der Waals surface area contributed by atoms with Gasteiger partial charge in [-0.15, -0.1) is 0 Å². The number of rotatable bonds is 3. The normalized spacial score (nSPS) is 26.5. The highest BCUT2D eigenvalue weighted by atomic mass is 16.3. The van der Waals surface area contributed by atoms with Crippen LogP contribution in [-0.2, 0) is 13.5 Å². The first-order valence-electron chi connectivity index (χ1n) is 6.79. The maximum Gasteiger partial charge on any atom is 0.138 e. The SMILES string of the molecule is CC(C)N1CCCC(O)(Cc2ncnn2C)CC1. The molecule has 0 aliphatic carbocycles. The smallest absolute Gasteiger partial charge is 0.138 e. The first kappa shape index (κ1) is 13.5. The zero-order valence-electron chi connectivity index (χ0n) is 11.6. The van der Waals surface area contributed by atoms with Crippen molar-refractivity contribution in [2.45, 2.75) is 51.2 Å². The topological polar surface area (TPSA) is 54.2 Å². The Morgan fingerprint density at radius 2 is 2.17 bits per heavy atom. The molecule has 2 heterocycles. The summed E-state index contributed by atoms with van der Waals surface area (Å²) in [6, 6.07) is 0.558. The Hall–Kier alpha value is -0.940. The molecule has 0 radical (unpaired) electrons. The van der Waals surface area contributed by atoms with Crippen LogP contribution in [0.2, 0.25) is 0 Å². The first-order valence-corrected chi connectivity index (χ1v) is 6.79. The second-order valence-corrected chi connectivity index (χ2v) is 5.68. The van der Waals surface area contributed by atoms with Crippen LogP contribution in [0.1, 0.15) is 38.9 Å². The quantitative estimate of drug-likeness (QED) is 0.871. The third kappa shape index (κ3) is 3.09. The van der Waals surface area contributed by atoms with Crippen LogP contribution in [-0.4, -0.2) is 49.5 Å². The summed E-state index contributed by atoms with van der Waals surface area (Å²) in [5.74, 6) is 0.871. The summed E-state index contributed by atoms with van der Waals surface area (Å²) in [7, 11) is 1.88. The summed E-state index contributed by atoms with van der Waals surface area (Å²) >= 11 is 0. The Balaban J connectivity index is 2.01. The first-order chi connectivity index (χ1) is 8.50. The van der Waals surface area contributed by atoms with Crippen LogP contribution in [0.5, 0.6) is 0 Å². The lowest BCUT2D eigenvalue weighted by Gasteiger charge is -2.27. The fourth-order valence-electron chi connectivity index (χ4n) is 2.67. The van der Waals surface area contributed by atoms with Crippen molar-refractivity contribution >= 4 is 0 Å². The summed E-state index contributed by atoms with van der Waals surface area (Å²) in [5, 5.41) is 14.8. The minimum atomic E-state index is -0.621. The molecule has 2 rings (SSSR count). The number of aromatic nitrogens is 3. The van der Waals surface area contributed by atoms with E-state index >= 15 is 0 Å². The van der Waals surface area contributed by atoms with E-state index < -0.39 is 5.60 Å². The largest absolute Gasteiger partial charge is 0.389 e. The zero-order chi connectivity index (χ0) is 13.2. The molecule has 0 bridgehead atoms. The number of hydrogen-bond acceptors (Lipinski definition) is 4. The highest BCUT2D eigenvalue weighted by Crippen LogP contribution is 2.26. The van der Waals surface area contributed by atoms with Gasteiger partial charge >= 0.3 is 0 Å². The Kier molecular flexibility index (Phi) is 4.02. The standard InChI is InChI=1S/C13H24N4O/c1-11(2)17-7-4-5-13(18,6-8-17)9-12-14-10-15-16(12)3/h10-11,18H,4-9H2,1-3H3. The molecule has 5 heteroatoms. The molecule has 0 spiro atoms. The minimum absolute atomic E-state index is 0.558. The molecule has 1 unspecified atom stereocenters. The van der Waals surface area contributed by atoms with Crippen LogP contribution in [0.25, 0.3) is 0 Å². The maximum absolute atomic E-state index is 10.7. The molecule has 1 aromatic rings. The molecule has 1 fully saturated rings. The third-order valence-electron chi connectivity index (χ3n) is 3.97. The van der Waals surface area contributed by atoms with E-state index in [9.17, 15) is 5.11 Å². The van der Waals surface area contributed by atoms with Gasteiger partial charge in [0, 0.05) is 26.1 Å². The maximum atomic E-state index is 10.7. The van der Waals surface area contributed by atoms with Gasteiger partial charge in [-0.05, 0) is 39.7 Å². The van der Waals surface area contributed by atoms with Crippen molar-refractivity contribution in [3.05, 3.63) is 12.2 Å². The highest BCUT2D eigenvalue weighted by molar-refractivity contribution is 4.96. The molecule has 102 valence electrons. The van der Waals surface area contributed by atoms with Gasteiger partial charge in [-0.3, -0.25) is 4.68 Å². The molecule has 1 aliphatic rings. The number of nitrogens with zero attached hydrogens (tertiary/aromatic N) is 4. The summed E-state index contributed by atoms with van der Waals surface area (Å²) < 4.78 is 1.75. The van der Waals surface area contributed by atoms with Gasteiger partial charge in [0.15, 0.2) is 0 Å². The lowest BCUT2D eigenvalue weighted by molar-refractivity contribution is 0.0222. The summed E-state index contributed by atoms with van der Waals surface area (Å²) in [6.07, 6.45) is 4.87. The van der Waals surface area contributed by atoms with Gasteiger partial charge in [-0.25, -0.2) is 4.98 Å². The molecule has 1 aliphatic heterocycles. The predicted molar refractivity (Wildman–Crippen MR) is 70.2 cm³/mol. The molecule has 0 saturated carbocycles. The number of hydrogen-bond donors (Lipinski definition) is 1. The van der Waals surface area contributed by atoms with Gasteiger partial charge in [0.05, 0.1) is 5.60 Å². The van der Waals surface area contributed by atoms with Gasteiger partial charge in [-0.2, -0.15) is 5.10 Å². The van der Waals surface area contributed by atoms with E-state index in [0.717, 1.165) is 38.2 Å². The van der Waals surface area contributed by atoms with Gasteiger partial charge in [0.1, 0.15) is 12.2 Å². The van der Waals surface area contributed by atoms with Crippen LogP contribution in [0, 0.1) is 0 Å². The fraction of sp³-hybridized carbons (Fsp3) is 0.846. The van der Waals surface area contributed by atoms with E-state index in [4.69, 9.17) is 0 Å². The Labute approximate surface area is 109 Å². The Bertz CT molecular complexity index is 390. The van der Waals surface area contributed by atoms with E-state index in [1.54, 1.807) is 11.0 Å². The van der Waals surface area contributed by atoms with Crippen molar-refractivity contribution in [1.82, 2.24) is 19.7 Å². The predicted octanol–water partition coefficient (Wildman–Crippen LogP) is 0.983. The molecule has 5 nitrogen and oxygen atoms in total. The summed E-state index contributed by atoms with van der Waals surface area (Å²) in [6.45, 7) is 6.48. The van der Waals surface area contributed by atoms with Crippen LogP contribution in [0.15, 0.2) is 6.33 Å². The van der Waals surface area contributed by atoms with Crippen molar-refractivity contribution in [1.29, 1.82) is 0 Å². The summed E-state index contributed by atoms with van der Waals surface area (Å²) in [4.78, 5) is 6.66. The van der Waals surface area contributed by atoms with Gasteiger partial charge in [0.2, 0.25) is 0 Å². The average molecular weight is 252 g/mol. The van der Waals surface area contributed by atoms with Crippen molar-refractivity contribution in [3.8, 4) is 0 Å². The lowest BCUT2D eigenvalue weighted by atomic mass is 9.91. The van der Waals surface area contributed by atoms with Gasteiger partial charge < -0.3 is 10.0 Å². The van der Waals surface area contributed by atoms with Crippen molar-refractivity contribution in [3.63, 3.8) is 0 Å². The minimum Gasteiger partial charge on any atom is -0.389 e. The van der Waals surface area contributed by atoms with E-state index in [0.29, 0.717) is 12.5 Å². The lowest BCUT2D eigenvalue weighted by Crippen LogP contribution is -2.36. The van der Waals surface area contributed by atoms with Crippen LogP contribution in [0.4, 0.5) is 0 Å². The molecule has 1 saturated heterocycles. The molecule has 1 atom stereocenters. The van der Waals surface area contributed by atoms with E-state index in [1.165, 1.54) is 0 Å². The Morgan fingerprint density at radius 1 is 1.39 bits per heavy atom. The third-order valence-corrected chi connectivity index (χ3v) is 3.97. The fourth-order valence-corrected chi connectivity index (χ4v) is 2.67. The molecular weight excluding hydrogens is 228 g/mol.